The highest BCUT2D eigenvalue weighted by Gasteiger charge is 2.20. The van der Waals surface area contributed by atoms with Crippen molar-refractivity contribution in [3.05, 3.63) is 29.0 Å². The Bertz CT molecular complexity index is 759. The monoisotopic (exact) mass is 280 g/mol. The van der Waals surface area contributed by atoms with Crippen molar-refractivity contribution in [2.24, 2.45) is 0 Å². The Labute approximate surface area is 120 Å². The number of allylic oxidation sites excluding steroid dienone is 2. The molecule has 1 aliphatic heterocycles. The summed E-state index contributed by atoms with van der Waals surface area (Å²) in [6.45, 7) is 1.40. The number of anilines is 1. The Balaban J connectivity index is 2.53. The number of fused-ring (bicyclic) bond motifs is 1. The molecule has 0 unspecified atom stereocenters. The number of nitrogens with zero attached hydrogens (tertiary/aromatic N) is 3. The second kappa shape index (κ2) is 5.64. The molecular formula is C14H8N4O3. The van der Waals surface area contributed by atoms with Gasteiger partial charge >= 0.3 is 0 Å². The molecule has 102 valence electrons. The first-order chi connectivity index (χ1) is 10.1. The van der Waals surface area contributed by atoms with Crippen molar-refractivity contribution >= 4 is 11.5 Å². The van der Waals surface area contributed by atoms with Crippen LogP contribution in [0.15, 0.2) is 23.4 Å². The smallest absolute Gasteiger partial charge is 0.231 e. The third-order valence-corrected chi connectivity index (χ3v) is 2.74. The lowest BCUT2D eigenvalue weighted by Crippen LogP contribution is -2.06. The van der Waals surface area contributed by atoms with E-state index in [-0.39, 0.29) is 35.1 Å². The summed E-state index contributed by atoms with van der Waals surface area (Å²) in [6.07, 6.45) is 0. The fourth-order valence-corrected chi connectivity index (χ4v) is 1.75. The highest BCUT2D eigenvalue weighted by atomic mass is 16.7. The summed E-state index contributed by atoms with van der Waals surface area (Å²) in [6, 6.07) is 7.94. The zero-order valence-corrected chi connectivity index (χ0v) is 10.9. The minimum absolute atomic E-state index is 0.0404. The van der Waals surface area contributed by atoms with Gasteiger partial charge in [0.25, 0.3) is 0 Å². The highest BCUT2D eigenvalue weighted by molar-refractivity contribution is 6.01. The molecule has 0 fully saturated rings. The normalized spacial score (nSPS) is 10.8. The van der Waals surface area contributed by atoms with Gasteiger partial charge in [-0.15, -0.1) is 0 Å². The molecule has 7 heteroatoms. The molecule has 2 rings (SSSR count). The molecule has 0 spiro atoms. The number of carbonyl (C=O) groups excluding carboxylic acids is 1. The fraction of sp³-hybridized carbons (Fsp3) is 0.143. The lowest BCUT2D eigenvalue weighted by atomic mass is 10.1. The number of ketones is 1. The Morgan fingerprint density at radius 2 is 1.76 bits per heavy atom. The van der Waals surface area contributed by atoms with Gasteiger partial charge in [0, 0.05) is 11.6 Å². The van der Waals surface area contributed by atoms with Gasteiger partial charge in [0.2, 0.25) is 6.79 Å². The number of hydrogen-bond donors (Lipinski definition) is 1. The first-order valence-electron chi connectivity index (χ1n) is 5.77. The van der Waals surface area contributed by atoms with Gasteiger partial charge in [-0.25, -0.2) is 0 Å². The summed E-state index contributed by atoms with van der Waals surface area (Å²) in [5.41, 5.74) is -0.0698. The average Bonchev–Trinajstić information content (AvgIpc) is 2.93. The molecule has 0 aliphatic carbocycles. The van der Waals surface area contributed by atoms with E-state index in [1.54, 1.807) is 18.2 Å². The highest BCUT2D eigenvalue weighted by Crippen LogP contribution is 2.37. The zero-order valence-electron chi connectivity index (χ0n) is 10.9. The number of nitriles is 3. The van der Waals surface area contributed by atoms with E-state index in [2.05, 4.69) is 5.32 Å². The van der Waals surface area contributed by atoms with Crippen molar-refractivity contribution in [3.8, 4) is 29.7 Å². The number of benzene rings is 1. The summed E-state index contributed by atoms with van der Waals surface area (Å²) >= 11 is 0. The van der Waals surface area contributed by atoms with Gasteiger partial charge in [-0.3, -0.25) is 4.79 Å². The predicted molar refractivity (Wildman–Crippen MR) is 70.1 cm³/mol. The lowest BCUT2D eigenvalue weighted by molar-refractivity contribution is 0.101. The van der Waals surface area contributed by atoms with Crippen LogP contribution in [0.5, 0.6) is 11.5 Å². The van der Waals surface area contributed by atoms with E-state index < -0.39 is 0 Å². The SMILES string of the molecule is CC(=O)c1cc2c(cc1NC(C#N)=C(C#N)C#N)OCO2. The Kier molecular flexibility index (Phi) is 3.74. The maximum atomic E-state index is 11.7. The number of rotatable bonds is 3. The lowest BCUT2D eigenvalue weighted by Gasteiger charge is -2.10. The van der Waals surface area contributed by atoms with Gasteiger partial charge < -0.3 is 14.8 Å². The maximum absolute atomic E-state index is 11.7. The molecule has 0 amide bonds. The minimum Gasteiger partial charge on any atom is -0.454 e. The van der Waals surface area contributed by atoms with Crippen molar-refractivity contribution in [1.29, 1.82) is 15.8 Å². The van der Waals surface area contributed by atoms with Crippen LogP contribution in [0.25, 0.3) is 0 Å². The van der Waals surface area contributed by atoms with Crippen LogP contribution in [0.3, 0.4) is 0 Å². The Morgan fingerprint density at radius 1 is 1.14 bits per heavy atom. The van der Waals surface area contributed by atoms with E-state index in [1.807, 2.05) is 0 Å². The number of Topliss-reactive ketones (excluding diaryl/α,β-unsaturated/α-hetero) is 1. The predicted octanol–water partition coefficient (Wildman–Crippen LogP) is 1.85. The second-order valence-corrected chi connectivity index (χ2v) is 4.02. The summed E-state index contributed by atoms with van der Waals surface area (Å²) < 4.78 is 10.4. The molecule has 1 aromatic carbocycles. The molecule has 0 saturated carbocycles. The number of carbonyl (C=O) groups is 1. The summed E-state index contributed by atoms with van der Waals surface area (Å²) in [7, 11) is 0. The molecule has 21 heavy (non-hydrogen) atoms. The van der Waals surface area contributed by atoms with Crippen molar-refractivity contribution in [1.82, 2.24) is 0 Å². The van der Waals surface area contributed by atoms with Crippen LogP contribution in [0, 0.1) is 34.0 Å². The van der Waals surface area contributed by atoms with Crippen LogP contribution in [0.4, 0.5) is 5.69 Å². The summed E-state index contributed by atoms with van der Waals surface area (Å²) in [5, 5.41) is 29.3. The van der Waals surface area contributed by atoms with Gasteiger partial charge in [0.1, 0.15) is 23.9 Å². The van der Waals surface area contributed by atoms with E-state index in [0.717, 1.165) is 0 Å². The van der Waals surface area contributed by atoms with E-state index in [0.29, 0.717) is 11.5 Å². The standard InChI is InChI=1S/C14H8N4O3/c1-8(19)10-2-13-14(21-7-20-13)3-11(10)18-12(6-17)9(4-15)5-16/h2-3,18H,7H2,1H3. The molecule has 1 N–H and O–H groups in total. The topological polar surface area (TPSA) is 119 Å². The zero-order chi connectivity index (χ0) is 15.4. The third-order valence-electron chi connectivity index (χ3n) is 2.74. The van der Waals surface area contributed by atoms with Gasteiger partial charge in [-0.05, 0) is 13.0 Å². The van der Waals surface area contributed by atoms with E-state index in [1.165, 1.54) is 19.1 Å². The largest absolute Gasteiger partial charge is 0.454 e. The molecule has 0 aromatic heterocycles. The molecule has 1 aromatic rings. The van der Waals surface area contributed by atoms with Crippen LogP contribution in [-0.4, -0.2) is 12.6 Å². The van der Waals surface area contributed by atoms with Gasteiger partial charge in [-0.2, -0.15) is 15.8 Å². The molecule has 0 radical (unpaired) electrons. The van der Waals surface area contributed by atoms with Gasteiger partial charge in [-0.1, -0.05) is 0 Å². The first kappa shape index (κ1) is 13.9. The van der Waals surface area contributed by atoms with Crippen LogP contribution in [-0.2, 0) is 0 Å². The molecule has 7 nitrogen and oxygen atoms in total. The fourth-order valence-electron chi connectivity index (χ4n) is 1.75. The number of hydrogen-bond acceptors (Lipinski definition) is 7. The van der Waals surface area contributed by atoms with Crippen molar-refractivity contribution in [2.45, 2.75) is 6.92 Å². The molecule has 0 atom stereocenters. The second-order valence-electron chi connectivity index (χ2n) is 4.02. The van der Waals surface area contributed by atoms with E-state index >= 15 is 0 Å². The maximum Gasteiger partial charge on any atom is 0.231 e. The minimum atomic E-state index is -0.371. The summed E-state index contributed by atoms with van der Waals surface area (Å²) in [4.78, 5) is 11.7. The molecule has 1 heterocycles. The quantitative estimate of drug-likeness (QED) is 0.662. The number of nitrogens with one attached hydrogen (secondary N) is 1. The van der Waals surface area contributed by atoms with Crippen molar-refractivity contribution in [2.75, 3.05) is 12.1 Å². The number of ether oxygens (including phenoxy) is 2. The van der Waals surface area contributed by atoms with Gasteiger partial charge in [0.15, 0.2) is 22.9 Å². The Morgan fingerprint density at radius 3 is 2.29 bits per heavy atom. The van der Waals surface area contributed by atoms with Crippen LogP contribution < -0.4 is 14.8 Å². The van der Waals surface area contributed by atoms with Gasteiger partial charge in [0.05, 0.1) is 5.69 Å². The van der Waals surface area contributed by atoms with Crippen molar-refractivity contribution in [3.63, 3.8) is 0 Å². The molecule has 0 saturated heterocycles. The summed E-state index contributed by atoms with van der Waals surface area (Å²) in [5.74, 6) is 0.577. The third kappa shape index (κ3) is 2.60. The first-order valence-corrected chi connectivity index (χ1v) is 5.77. The average molecular weight is 280 g/mol. The van der Waals surface area contributed by atoms with E-state index in [9.17, 15) is 4.79 Å². The molecule has 1 aliphatic rings. The van der Waals surface area contributed by atoms with Crippen LogP contribution >= 0.6 is 0 Å². The van der Waals surface area contributed by atoms with E-state index in [4.69, 9.17) is 25.3 Å². The Hall–Kier alpha value is -3.50. The van der Waals surface area contributed by atoms with Crippen LogP contribution in [0.2, 0.25) is 0 Å². The molecular weight excluding hydrogens is 272 g/mol. The molecule has 0 bridgehead atoms. The van der Waals surface area contributed by atoms with Crippen molar-refractivity contribution < 1.29 is 14.3 Å². The van der Waals surface area contributed by atoms with Crippen LogP contribution in [0.1, 0.15) is 17.3 Å².